The first-order valence-corrected chi connectivity index (χ1v) is 12.6. The molecule has 1 saturated heterocycles. The minimum atomic E-state index is -0.915. The predicted molar refractivity (Wildman–Crippen MR) is 131 cm³/mol. The molecular weight excluding hydrogens is 460 g/mol. The topological polar surface area (TPSA) is 54.5 Å². The van der Waals surface area contributed by atoms with E-state index in [1.54, 1.807) is 0 Å². The number of aromatic nitrogens is 1. The van der Waals surface area contributed by atoms with E-state index in [2.05, 4.69) is 33.4 Å². The number of nitrogens with one attached hydrogen (secondary N) is 1. The highest BCUT2D eigenvalue weighted by molar-refractivity contribution is 5.81. The van der Waals surface area contributed by atoms with Gasteiger partial charge >= 0.3 is 0 Å². The van der Waals surface area contributed by atoms with E-state index in [4.69, 9.17) is 4.74 Å². The summed E-state index contributed by atoms with van der Waals surface area (Å²) in [5, 5.41) is 3.04. The van der Waals surface area contributed by atoms with Crippen LogP contribution in [0.2, 0.25) is 0 Å². The van der Waals surface area contributed by atoms with Gasteiger partial charge in [0.2, 0.25) is 5.91 Å². The van der Waals surface area contributed by atoms with Crippen LogP contribution in [0.15, 0.2) is 60.9 Å². The number of piperidine rings is 1. The number of carbonyl (C=O) groups is 1. The minimum absolute atomic E-state index is 0.0195. The van der Waals surface area contributed by atoms with Gasteiger partial charge in [0, 0.05) is 43.5 Å². The fraction of sp³-hybridized carbons (Fsp3) is 0.379. The van der Waals surface area contributed by atoms with Crippen molar-refractivity contribution in [1.29, 1.82) is 0 Å². The van der Waals surface area contributed by atoms with Crippen molar-refractivity contribution < 1.29 is 18.3 Å². The van der Waals surface area contributed by atoms with Crippen LogP contribution < -0.4 is 5.32 Å². The van der Waals surface area contributed by atoms with Gasteiger partial charge in [0.05, 0.1) is 18.2 Å². The Hall–Kier alpha value is -3.16. The number of nitrogens with zero attached hydrogens (tertiary/aromatic N) is 2. The zero-order chi connectivity index (χ0) is 24.7. The van der Waals surface area contributed by atoms with Crippen LogP contribution in [-0.4, -0.2) is 28.9 Å². The standard InChI is InChI=1S/C29H29F2N3O2/c30-25-8-7-22(15-26(25)31)27(33-28(35)21-5-6-21)20-3-1-19(2-4-20)17-34-13-10-29(11-14-34)24-16-32-12-9-23(24)18-36-29/h1-4,7-9,12,15-16,21,27H,5-6,10-11,13-14,17-18H2,(H,33,35). The molecule has 5 nitrogen and oxygen atoms in total. The van der Waals surface area contributed by atoms with E-state index in [-0.39, 0.29) is 17.4 Å². The van der Waals surface area contributed by atoms with Crippen LogP contribution in [0.1, 0.15) is 59.5 Å². The summed E-state index contributed by atoms with van der Waals surface area (Å²) in [6.45, 7) is 3.35. The number of hydrogen-bond acceptors (Lipinski definition) is 4. The third-order valence-corrected chi connectivity index (χ3v) is 7.80. The van der Waals surface area contributed by atoms with Crippen molar-refractivity contribution in [3.8, 4) is 0 Å². The molecule has 3 aliphatic rings. The minimum Gasteiger partial charge on any atom is -0.365 e. The highest BCUT2D eigenvalue weighted by Gasteiger charge is 2.42. The summed E-state index contributed by atoms with van der Waals surface area (Å²) in [5.41, 5.74) is 4.83. The van der Waals surface area contributed by atoms with E-state index in [0.717, 1.165) is 56.9 Å². The fourth-order valence-electron chi connectivity index (χ4n) is 5.47. The molecule has 1 unspecified atom stereocenters. The zero-order valence-corrected chi connectivity index (χ0v) is 20.1. The largest absolute Gasteiger partial charge is 0.365 e. The molecule has 6 rings (SSSR count). The van der Waals surface area contributed by atoms with E-state index < -0.39 is 17.7 Å². The summed E-state index contributed by atoms with van der Waals surface area (Å²) in [5.74, 6) is -1.83. The molecule has 1 N–H and O–H groups in total. The number of hydrogen-bond donors (Lipinski definition) is 1. The van der Waals surface area contributed by atoms with Crippen molar-refractivity contribution in [2.45, 2.75) is 50.5 Å². The first-order valence-electron chi connectivity index (χ1n) is 12.6. The SMILES string of the molecule is O=C(NC(c1ccc(CN2CCC3(CC2)OCc2ccncc23)cc1)c1ccc(F)c(F)c1)C1CC1. The summed E-state index contributed by atoms with van der Waals surface area (Å²) in [6, 6.07) is 13.4. The molecule has 1 amide bonds. The Morgan fingerprint density at radius 2 is 1.81 bits per heavy atom. The molecule has 0 radical (unpaired) electrons. The van der Waals surface area contributed by atoms with Crippen molar-refractivity contribution >= 4 is 5.91 Å². The number of halogens is 2. The molecular formula is C29H29F2N3O2. The van der Waals surface area contributed by atoms with Gasteiger partial charge in [-0.05, 0) is 66.1 Å². The zero-order valence-electron chi connectivity index (χ0n) is 20.1. The van der Waals surface area contributed by atoms with Gasteiger partial charge in [-0.1, -0.05) is 30.3 Å². The summed E-state index contributed by atoms with van der Waals surface area (Å²) in [7, 11) is 0. The predicted octanol–water partition coefficient (Wildman–Crippen LogP) is 5.00. The highest BCUT2D eigenvalue weighted by atomic mass is 19.2. The Morgan fingerprint density at radius 1 is 1.06 bits per heavy atom. The monoisotopic (exact) mass is 489 g/mol. The van der Waals surface area contributed by atoms with Gasteiger partial charge in [0.25, 0.3) is 0 Å². The average molecular weight is 490 g/mol. The quantitative estimate of drug-likeness (QED) is 0.530. The van der Waals surface area contributed by atoms with E-state index in [9.17, 15) is 13.6 Å². The van der Waals surface area contributed by atoms with Crippen LogP contribution in [0.5, 0.6) is 0 Å². The molecule has 186 valence electrons. The van der Waals surface area contributed by atoms with Gasteiger partial charge in [-0.2, -0.15) is 0 Å². The Kier molecular flexibility index (Phi) is 6.05. The fourth-order valence-corrected chi connectivity index (χ4v) is 5.47. The molecule has 1 saturated carbocycles. The lowest BCUT2D eigenvalue weighted by Crippen LogP contribution is -2.42. The average Bonchev–Trinajstić information content (AvgIpc) is 3.70. The van der Waals surface area contributed by atoms with Crippen LogP contribution in [0.25, 0.3) is 0 Å². The van der Waals surface area contributed by atoms with Gasteiger partial charge in [0.1, 0.15) is 0 Å². The Labute approximate surface area is 209 Å². The summed E-state index contributed by atoms with van der Waals surface area (Å²) in [4.78, 5) is 19.3. The maximum atomic E-state index is 14.0. The summed E-state index contributed by atoms with van der Waals surface area (Å²) >= 11 is 0. The van der Waals surface area contributed by atoms with Crippen LogP contribution in [-0.2, 0) is 28.3 Å². The first-order chi connectivity index (χ1) is 17.5. The molecule has 7 heteroatoms. The third kappa shape index (κ3) is 4.53. The van der Waals surface area contributed by atoms with E-state index >= 15 is 0 Å². The number of pyridine rings is 1. The van der Waals surface area contributed by atoms with Crippen molar-refractivity contribution in [1.82, 2.24) is 15.2 Å². The molecule has 36 heavy (non-hydrogen) atoms. The maximum absolute atomic E-state index is 14.0. The smallest absolute Gasteiger partial charge is 0.223 e. The van der Waals surface area contributed by atoms with Gasteiger partial charge in [0.15, 0.2) is 11.6 Å². The number of rotatable bonds is 6. The second kappa shape index (κ2) is 9.37. The number of likely N-dealkylation sites (tertiary alicyclic amines) is 1. The third-order valence-electron chi connectivity index (χ3n) is 7.80. The molecule has 2 aliphatic heterocycles. The highest BCUT2D eigenvalue weighted by Crippen LogP contribution is 2.43. The molecule has 0 bridgehead atoms. The second-order valence-corrected chi connectivity index (χ2v) is 10.2. The molecule has 2 fully saturated rings. The van der Waals surface area contributed by atoms with Crippen LogP contribution in [0, 0.1) is 17.6 Å². The molecule has 3 heterocycles. The van der Waals surface area contributed by atoms with Crippen LogP contribution >= 0.6 is 0 Å². The number of amides is 1. The number of ether oxygens (including phenoxy) is 1. The summed E-state index contributed by atoms with van der Waals surface area (Å²) < 4.78 is 33.8. The van der Waals surface area contributed by atoms with Crippen LogP contribution in [0.3, 0.4) is 0 Å². The Balaban J connectivity index is 1.14. The van der Waals surface area contributed by atoms with Gasteiger partial charge < -0.3 is 10.1 Å². The van der Waals surface area contributed by atoms with Crippen LogP contribution in [0.4, 0.5) is 8.78 Å². The lowest BCUT2D eigenvalue weighted by molar-refractivity contribution is -0.122. The van der Waals surface area contributed by atoms with E-state index in [1.807, 2.05) is 24.5 Å². The number of carbonyl (C=O) groups excluding carboxylic acids is 1. The van der Waals surface area contributed by atoms with Crippen molar-refractivity contribution in [2.24, 2.45) is 5.92 Å². The Morgan fingerprint density at radius 3 is 2.53 bits per heavy atom. The molecule has 1 aliphatic carbocycles. The Bertz CT molecular complexity index is 1270. The lowest BCUT2D eigenvalue weighted by atomic mass is 9.84. The normalized spacial score (nSPS) is 19.7. The van der Waals surface area contributed by atoms with Crippen molar-refractivity contribution in [3.05, 3.63) is 100 Å². The molecule has 2 aromatic carbocycles. The van der Waals surface area contributed by atoms with Crippen molar-refractivity contribution in [2.75, 3.05) is 13.1 Å². The molecule has 1 spiro atoms. The van der Waals surface area contributed by atoms with E-state index in [0.29, 0.717) is 12.2 Å². The van der Waals surface area contributed by atoms with Gasteiger partial charge in [-0.25, -0.2) is 8.78 Å². The summed E-state index contributed by atoms with van der Waals surface area (Å²) in [6.07, 6.45) is 7.42. The first kappa shape index (κ1) is 23.3. The van der Waals surface area contributed by atoms with Gasteiger partial charge in [-0.15, -0.1) is 0 Å². The maximum Gasteiger partial charge on any atom is 0.223 e. The van der Waals surface area contributed by atoms with E-state index in [1.165, 1.54) is 28.8 Å². The van der Waals surface area contributed by atoms with Gasteiger partial charge in [-0.3, -0.25) is 14.7 Å². The number of fused-ring (bicyclic) bond motifs is 2. The molecule has 1 atom stereocenters. The molecule has 3 aromatic rings. The van der Waals surface area contributed by atoms with Crippen molar-refractivity contribution in [3.63, 3.8) is 0 Å². The molecule has 1 aromatic heterocycles. The lowest BCUT2D eigenvalue weighted by Gasteiger charge is -2.39. The second-order valence-electron chi connectivity index (χ2n) is 10.2. The number of benzene rings is 2.